The minimum atomic E-state index is 0. The molecule has 1 unspecified atom stereocenters. The number of hydrogen-bond donors (Lipinski definition) is 2. The van der Waals surface area contributed by atoms with E-state index in [0.29, 0.717) is 6.54 Å². The summed E-state index contributed by atoms with van der Waals surface area (Å²) in [5, 5.41) is 11.1. The standard InChI is InChI=1S/C22H37N7.HI/c1-6-23-22(25-17-21(27(3)4)19-16-26-28(5)18-19)24-14-11-15-29(7-2)20-12-9-8-10-13-20;/h8-10,12-13,16,18,21H,6-7,11,14-15,17H2,1-5H3,(H2,23,24,25);1H. The van der Waals surface area contributed by atoms with E-state index in [1.807, 2.05) is 17.9 Å². The van der Waals surface area contributed by atoms with Gasteiger partial charge in [-0.15, -0.1) is 24.0 Å². The van der Waals surface area contributed by atoms with Crippen molar-refractivity contribution in [1.82, 2.24) is 25.3 Å². The van der Waals surface area contributed by atoms with E-state index in [0.717, 1.165) is 38.6 Å². The second kappa shape index (κ2) is 14.2. The number of rotatable bonds is 11. The van der Waals surface area contributed by atoms with E-state index in [4.69, 9.17) is 4.99 Å². The van der Waals surface area contributed by atoms with Gasteiger partial charge in [0.05, 0.1) is 18.8 Å². The molecule has 30 heavy (non-hydrogen) atoms. The predicted octanol–water partition coefficient (Wildman–Crippen LogP) is 3.11. The molecule has 1 aromatic carbocycles. The Bertz CT molecular complexity index is 730. The quantitative estimate of drug-likeness (QED) is 0.204. The van der Waals surface area contributed by atoms with Crippen molar-refractivity contribution < 1.29 is 0 Å². The predicted molar refractivity (Wildman–Crippen MR) is 138 cm³/mol. The Labute approximate surface area is 198 Å². The van der Waals surface area contributed by atoms with Gasteiger partial charge in [-0.1, -0.05) is 18.2 Å². The molecule has 0 radical (unpaired) electrons. The lowest BCUT2D eigenvalue weighted by Crippen LogP contribution is -2.39. The van der Waals surface area contributed by atoms with Gasteiger partial charge in [0.2, 0.25) is 0 Å². The van der Waals surface area contributed by atoms with Gasteiger partial charge < -0.3 is 20.4 Å². The topological polar surface area (TPSA) is 60.7 Å². The largest absolute Gasteiger partial charge is 0.372 e. The minimum Gasteiger partial charge on any atom is -0.372 e. The number of para-hydroxylation sites is 1. The van der Waals surface area contributed by atoms with Crippen LogP contribution in [0.3, 0.4) is 0 Å². The molecular formula is C22H38IN7. The fourth-order valence-corrected chi connectivity index (χ4v) is 3.28. The summed E-state index contributed by atoms with van der Waals surface area (Å²) in [6, 6.07) is 10.8. The summed E-state index contributed by atoms with van der Waals surface area (Å²) in [6.07, 6.45) is 5.03. The van der Waals surface area contributed by atoms with Gasteiger partial charge >= 0.3 is 0 Å². The number of nitrogens with zero attached hydrogens (tertiary/aromatic N) is 5. The van der Waals surface area contributed by atoms with Crippen LogP contribution in [0.2, 0.25) is 0 Å². The van der Waals surface area contributed by atoms with Crippen LogP contribution in [-0.4, -0.2) is 67.5 Å². The fraction of sp³-hybridized carbons (Fsp3) is 0.545. The van der Waals surface area contributed by atoms with Gasteiger partial charge in [-0.25, -0.2) is 0 Å². The monoisotopic (exact) mass is 527 g/mol. The van der Waals surface area contributed by atoms with E-state index >= 15 is 0 Å². The maximum Gasteiger partial charge on any atom is 0.191 e. The summed E-state index contributed by atoms with van der Waals surface area (Å²) < 4.78 is 1.84. The van der Waals surface area contributed by atoms with Crippen molar-refractivity contribution in [3.8, 4) is 0 Å². The van der Waals surface area contributed by atoms with Crippen LogP contribution in [0.1, 0.15) is 31.9 Å². The van der Waals surface area contributed by atoms with Gasteiger partial charge in [0.1, 0.15) is 0 Å². The summed E-state index contributed by atoms with van der Waals surface area (Å²) in [5.41, 5.74) is 2.46. The molecule has 8 heteroatoms. The lowest BCUT2D eigenvalue weighted by Gasteiger charge is -2.24. The van der Waals surface area contributed by atoms with Crippen molar-refractivity contribution in [3.63, 3.8) is 0 Å². The summed E-state index contributed by atoms with van der Waals surface area (Å²) >= 11 is 0. The molecule has 0 aliphatic carbocycles. The SMILES string of the molecule is CCNC(=NCC(c1cnn(C)c1)N(C)C)NCCCN(CC)c1ccccc1.I. The van der Waals surface area contributed by atoms with Crippen molar-refractivity contribution >= 4 is 35.6 Å². The van der Waals surface area contributed by atoms with Gasteiger partial charge in [0.25, 0.3) is 0 Å². The second-order valence-electron chi connectivity index (χ2n) is 7.34. The van der Waals surface area contributed by atoms with E-state index in [1.54, 1.807) is 0 Å². The van der Waals surface area contributed by atoms with Gasteiger partial charge in [0.15, 0.2) is 5.96 Å². The van der Waals surface area contributed by atoms with Crippen molar-refractivity contribution in [2.24, 2.45) is 12.0 Å². The molecule has 0 aliphatic rings. The first-order valence-electron chi connectivity index (χ1n) is 10.5. The maximum atomic E-state index is 4.82. The van der Waals surface area contributed by atoms with Gasteiger partial charge in [-0.2, -0.15) is 5.10 Å². The van der Waals surface area contributed by atoms with Crippen LogP contribution in [0.25, 0.3) is 0 Å². The highest BCUT2D eigenvalue weighted by Gasteiger charge is 2.15. The third-order valence-corrected chi connectivity index (χ3v) is 4.90. The van der Waals surface area contributed by atoms with Crippen LogP contribution in [-0.2, 0) is 7.05 Å². The lowest BCUT2D eigenvalue weighted by molar-refractivity contribution is 0.306. The highest BCUT2D eigenvalue weighted by Crippen LogP contribution is 2.17. The molecule has 1 aromatic heterocycles. The molecule has 2 rings (SSSR count). The van der Waals surface area contributed by atoms with Crippen LogP contribution in [0.5, 0.6) is 0 Å². The van der Waals surface area contributed by atoms with E-state index in [2.05, 4.69) is 90.0 Å². The summed E-state index contributed by atoms with van der Waals surface area (Å²) in [5.74, 6) is 0.867. The number of anilines is 1. The summed E-state index contributed by atoms with van der Waals surface area (Å²) in [7, 11) is 6.10. The number of hydrogen-bond acceptors (Lipinski definition) is 4. The summed E-state index contributed by atoms with van der Waals surface area (Å²) in [4.78, 5) is 9.40. The number of aryl methyl sites for hydroxylation is 1. The molecule has 2 aromatic rings. The molecular weight excluding hydrogens is 489 g/mol. The van der Waals surface area contributed by atoms with Gasteiger partial charge in [-0.3, -0.25) is 9.67 Å². The highest BCUT2D eigenvalue weighted by molar-refractivity contribution is 14.0. The molecule has 168 valence electrons. The first-order valence-corrected chi connectivity index (χ1v) is 10.5. The van der Waals surface area contributed by atoms with E-state index < -0.39 is 0 Å². The normalized spacial score (nSPS) is 12.4. The maximum absolute atomic E-state index is 4.82. The Kier molecular flexibility index (Phi) is 12.4. The summed E-state index contributed by atoms with van der Waals surface area (Å²) in [6.45, 7) is 8.72. The Hall–Kier alpha value is -1.81. The molecule has 0 saturated carbocycles. The van der Waals surface area contributed by atoms with Crippen molar-refractivity contribution in [2.45, 2.75) is 26.3 Å². The number of aliphatic imine (C=N–C) groups is 1. The van der Waals surface area contributed by atoms with E-state index in [9.17, 15) is 0 Å². The van der Waals surface area contributed by atoms with Crippen molar-refractivity contribution in [2.75, 3.05) is 51.7 Å². The number of likely N-dealkylation sites (N-methyl/N-ethyl adjacent to an activating group) is 1. The van der Waals surface area contributed by atoms with Crippen LogP contribution >= 0.6 is 24.0 Å². The first kappa shape index (κ1) is 26.2. The Balaban J connectivity index is 0.00000450. The van der Waals surface area contributed by atoms with Crippen LogP contribution in [0.4, 0.5) is 5.69 Å². The molecule has 0 bridgehead atoms. The molecule has 1 atom stereocenters. The fourth-order valence-electron chi connectivity index (χ4n) is 3.28. The number of guanidine groups is 1. The first-order chi connectivity index (χ1) is 14.0. The highest BCUT2D eigenvalue weighted by atomic mass is 127. The minimum absolute atomic E-state index is 0. The van der Waals surface area contributed by atoms with Crippen molar-refractivity contribution in [1.29, 1.82) is 0 Å². The van der Waals surface area contributed by atoms with E-state index in [-0.39, 0.29) is 30.0 Å². The van der Waals surface area contributed by atoms with E-state index in [1.165, 1.54) is 11.3 Å². The molecule has 0 amide bonds. The van der Waals surface area contributed by atoms with Crippen LogP contribution in [0, 0.1) is 0 Å². The molecule has 0 spiro atoms. The Morgan fingerprint density at radius 2 is 1.90 bits per heavy atom. The molecule has 1 heterocycles. The average molecular weight is 527 g/mol. The zero-order valence-corrected chi connectivity index (χ0v) is 21.3. The molecule has 7 nitrogen and oxygen atoms in total. The van der Waals surface area contributed by atoms with Crippen molar-refractivity contribution in [3.05, 3.63) is 48.3 Å². The molecule has 2 N–H and O–H groups in total. The van der Waals surface area contributed by atoms with Crippen LogP contribution in [0.15, 0.2) is 47.7 Å². The number of nitrogens with one attached hydrogen (secondary N) is 2. The molecule has 0 fully saturated rings. The number of halogens is 1. The van der Waals surface area contributed by atoms with Gasteiger partial charge in [-0.05, 0) is 46.5 Å². The third-order valence-electron chi connectivity index (χ3n) is 4.90. The number of benzene rings is 1. The zero-order chi connectivity index (χ0) is 21.1. The zero-order valence-electron chi connectivity index (χ0n) is 19.0. The molecule has 0 saturated heterocycles. The Morgan fingerprint density at radius 1 is 1.17 bits per heavy atom. The smallest absolute Gasteiger partial charge is 0.191 e. The van der Waals surface area contributed by atoms with Crippen LogP contribution < -0.4 is 15.5 Å². The van der Waals surface area contributed by atoms with Gasteiger partial charge in [0, 0.05) is 50.7 Å². The number of aromatic nitrogens is 2. The molecule has 0 aliphatic heterocycles. The second-order valence-corrected chi connectivity index (χ2v) is 7.34. The third kappa shape index (κ3) is 8.51. The average Bonchev–Trinajstić information content (AvgIpc) is 3.14. The lowest BCUT2D eigenvalue weighted by atomic mass is 10.1. The Morgan fingerprint density at radius 3 is 2.47 bits per heavy atom.